The Labute approximate surface area is 210 Å². The highest BCUT2D eigenvalue weighted by atomic mass is 35.5. The van der Waals surface area contributed by atoms with Crippen LogP contribution < -0.4 is 0 Å². The van der Waals surface area contributed by atoms with Crippen molar-refractivity contribution in [3.05, 3.63) is 0 Å². The smallest absolute Gasteiger partial charge is 0.255 e. The number of aliphatic hydroxyl groups excluding tert-OH is 6. The molecule has 9 heteroatoms. The minimum Gasteiger partial charge on any atom is -0.396 e. The van der Waals surface area contributed by atoms with Gasteiger partial charge in [-0.15, -0.1) is 0 Å². The number of carbonyl (C=O) groups excluding carboxylic acids is 1. The second-order valence-electron chi connectivity index (χ2n) is 9.25. The van der Waals surface area contributed by atoms with Crippen molar-refractivity contribution in [2.24, 2.45) is 0 Å². The van der Waals surface area contributed by atoms with Crippen molar-refractivity contribution >= 4 is 17.5 Å². The quantitative estimate of drug-likeness (QED) is 0.0703. The number of nitrogens with zero attached hydrogens (tertiary/aromatic N) is 1. The fourth-order valence-electron chi connectivity index (χ4n) is 3.95. The number of hydrogen-bond acceptors (Lipinski definition) is 7. The Morgan fingerprint density at radius 3 is 1.65 bits per heavy atom. The summed E-state index contributed by atoms with van der Waals surface area (Å²) in [5.74, 6) is -0.889. The predicted molar refractivity (Wildman–Crippen MR) is 134 cm³/mol. The molecule has 0 aliphatic carbocycles. The molecule has 0 radical (unpaired) electrons. The first-order chi connectivity index (χ1) is 16.3. The number of carbonyl (C=O) groups is 1. The van der Waals surface area contributed by atoms with Crippen LogP contribution in [0.15, 0.2) is 0 Å². The normalized spacial score (nSPS) is 16.1. The van der Waals surface area contributed by atoms with E-state index in [9.17, 15) is 25.2 Å². The van der Waals surface area contributed by atoms with E-state index in [0.29, 0.717) is 6.42 Å². The zero-order valence-corrected chi connectivity index (χ0v) is 21.8. The second kappa shape index (κ2) is 21.8. The van der Waals surface area contributed by atoms with Crippen LogP contribution in [-0.2, 0) is 4.79 Å². The molecule has 0 aromatic carbocycles. The molecule has 6 N–H and O–H groups in total. The van der Waals surface area contributed by atoms with Gasteiger partial charge in [0.2, 0.25) is 0 Å². The Kier molecular flexibility index (Phi) is 21.5. The van der Waals surface area contributed by atoms with Crippen LogP contribution in [0, 0.1) is 0 Å². The number of alkyl halides is 1. The molecular formula is C25H50ClNO7. The molecule has 34 heavy (non-hydrogen) atoms. The van der Waals surface area contributed by atoms with Gasteiger partial charge in [-0.2, -0.15) is 0 Å². The summed E-state index contributed by atoms with van der Waals surface area (Å²) >= 11 is 6.42. The lowest BCUT2D eigenvalue weighted by molar-refractivity contribution is -0.159. The first kappa shape index (κ1) is 33.5. The molecule has 0 saturated carbocycles. The van der Waals surface area contributed by atoms with Crippen LogP contribution in [0.2, 0.25) is 0 Å². The van der Waals surface area contributed by atoms with E-state index in [1.54, 1.807) is 0 Å². The number of rotatable bonds is 23. The van der Waals surface area contributed by atoms with E-state index in [4.69, 9.17) is 21.8 Å². The first-order valence-corrected chi connectivity index (χ1v) is 13.6. The summed E-state index contributed by atoms with van der Waals surface area (Å²) in [6, 6.07) is 0. The van der Waals surface area contributed by atoms with Crippen LogP contribution in [0.5, 0.6) is 0 Å². The largest absolute Gasteiger partial charge is 0.396 e. The second-order valence-corrected chi connectivity index (χ2v) is 9.75. The monoisotopic (exact) mass is 511 g/mol. The van der Waals surface area contributed by atoms with E-state index < -0.39 is 42.4 Å². The van der Waals surface area contributed by atoms with Crippen LogP contribution in [-0.4, -0.2) is 91.1 Å². The third kappa shape index (κ3) is 14.8. The number of aliphatic hydroxyl groups is 6. The lowest BCUT2D eigenvalue weighted by atomic mass is 10.0. The van der Waals surface area contributed by atoms with Crippen LogP contribution in [0.25, 0.3) is 0 Å². The third-order valence-electron chi connectivity index (χ3n) is 6.23. The van der Waals surface area contributed by atoms with E-state index in [2.05, 4.69) is 6.92 Å². The predicted octanol–water partition coefficient (Wildman–Crippen LogP) is 2.68. The lowest BCUT2D eigenvalue weighted by Gasteiger charge is -2.32. The van der Waals surface area contributed by atoms with Crippen molar-refractivity contribution in [3.63, 3.8) is 0 Å². The average molecular weight is 512 g/mol. The Morgan fingerprint density at radius 1 is 0.735 bits per heavy atom. The highest BCUT2D eigenvalue weighted by Crippen LogP contribution is 2.19. The van der Waals surface area contributed by atoms with Crippen molar-refractivity contribution in [3.8, 4) is 0 Å². The molecule has 0 saturated heterocycles. The molecule has 0 bridgehead atoms. The summed E-state index contributed by atoms with van der Waals surface area (Å²) in [6.07, 6.45) is 9.03. The minimum absolute atomic E-state index is 0.0877. The number of amides is 1. The van der Waals surface area contributed by atoms with Gasteiger partial charge in [-0.25, -0.2) is 0 Å². The molecule has 0 rings (SSSR count). The Balaban J connectivity index is 4.26. The van der Waals surface area contributed by atoms with Crippen molar-refractivity contribution in [1.82, 2.24) is 4.90 Å². The van der Waals surface area contributed by atoms with Crippen molar-refractivity contribution in [1.29, 1.82) is 0 Å². The molecule has 8 nitrogen and oxygen atoms in total. The van der Waals surface area contributed by atoms with E-state index in [1.807, 2.05) is 0 Å². The third-order valence-corrected chi connectivity index (χ3v) is 6.69. The summed E-state index contributed by atoms with van der Waals surface area (Å²) < 4.78 is 0. The van der Waals surface area contributed by atoms with Gasteiger partial charge < -0.3 is 35.5 Å². The van der Waals surface area contributed by atoms with Crippen molar-refractivity contribution < 1.29 is 35.4 Å². The number of halogens is 1. The summed E-state index contributed by atoms with van der Waals surface area (Å²) in [7, 11) is 0. The standard InChI is InChI=1S/C25H50ClNO7/c1-2-3-4-5-6-7-8-9-10-11-12-13-14-16-21(26)27(17-15-18-28)25(34)24(33)23(32)22(31)20(30)19-29/h20-24,28-33H,2-19H2,1H3/t20-,21?,22-,23+,24-/m1/s1. The van der Waals surface area contributed by atoms with Gasteiger partial charge in [0.1, 0.15) is 23.8 Å². The van der Waals surface area contributed by atoms with E-state index in [1.165, 1.54) is 69.1 Å². The number of hydrogen-bond donors (Lipinski definition) is 6. The summed E-state index contributed by atoms with van der Waals surface area (Å²) in [4.78, 5) is 13.9. The minimum atomic E-state index is -2.01. The molecule has 1 unspecified atom stereocenters. The highest BCUT2D eigenvalue weighted by Gasteiger charge is 2.37. The average Bonchev–Trinajstić information content (AvgIpc) is 2.84. The van der Waals surface area contributed by atoms with Crippen LogP contribution in [0.1, 0.15) is 103 Å². The van der Waals surface area contributed by atoms with Gasteiger partial charge >= 0.3 is 0 Å². The molecule has 0 aromatic heterocycles. The molecule has 0 aromatic rings. The van der Waals surface area contributed by atoms with Crippen LogP contribution in [0.3, 0.4) is 0 Å². The van der Waals surface area contributed by atoms with Gasteiger partial charge in [-0.1, -0.05) is 102 Å². The Hall–Kier alpha value is -0.480. The maximum Gasteiger partial charge on any atom is 0.255 e. The molecule has 204 valence electrons. The molecular weight excluding hydrogens is 462 g/mol. The number of unbranched alkanes of at least 4 members (excludes halogenated alkanes) is 12. The first-order valence-electron chi connectivity index (χ1n) is 13.2. The van der Waals surface area contributed by atoms with Gasteiger partial charge in [0, 0.05) is 13.2 Å². The van der Waals surface area contributed by atoms with Gasteiger partial charge in [-0.05, 0) is 12.8 Å². The van der Waals surface area contributed by atoms with Crippen molar-refractivity contribution in [2.75, 3.05) is 19.8 Å². The molecule has 1 amide bonds. The van der Waals surface area contributed by atoms with Crippen molar-refractivity contribution in [2.45, 2.75) is 133 Å². The molecule has 0 aliphatic heterocycles. The summed E-state index contributed by atoms with van der Waals surface area (Å²) in [6.45, 7) is 1.32. The van der Waals surface area contributed by atoms with Crippen LogP contribution in [0.4, 0.5) is 0 Å². The maximum atomic E-state index is 12.7. The fourth-order valence-corrected chi connectivity index (χ4v) is 4.30. The Bertz CT molecular complexity index is 486. The summed E-state index contributed by atoms with van der Waals surface area (Å²) in [5.41, 5.74) is -0.728. The fraction of sp³-hybridized carbons (Fsp3) is 0.960. The van der Waals surface area contributed by atoms with Crippen LogP contribution >= 0.6 is 11.6 Å². The van der Waals surface area contributed by atoms with Gasteiger partial charge in [0.25, 0.3) is 5.91 Å². The van der Waals surface area contributed by atoms with E-state index >= 15 is 0 Å². The van der Waals surface area contributed by atoms with E-state index in [-0.39, 0.29) is 19.6 Å². The van der Waals surface area contributed by atoms with E-state index in [0.717, 1.165) is 19.3 Å². The van der Waals surface area contributed by atoms with Gasteiger partial charge in [-0.3, -0.25) is 4.79 Å². The van der Waals surface area contributed by atoms with Gasteiger partial charge in [0.15, 0.2) is 6.10 Å². The zero-order valence-electron chi connectivity index (χ0n) is 21.0. The molecule has 0 spiro atoms. The summed E-state index contributed by atoms with van der Waals surface area (Å²) in [5, 5.41) is 57.4. The maximum absolute atomic E-state index is 12.7. The molecule has 5 atom stereocenters. The van der Waals surface area contributed by atoms with Gasteiger partial charge in [0.05, 0.1) is 6.61 Å². The molecule has 0 heterocycles. The topological polar surface area (TPSA) is 142 Å². The Morgan fingerprint density at radius 2 is 1.21 bits per heavy atom. The molecule has 0 aliphatic rings. The SMILES string of the molecule is CCCCCCCCCCCCCCCC(Cl)N(CCCO)C(=O)[C@H](O)[C@@H](O)[C@H](O)[C@H](O)CO. The zero-order chi connectivity index (χ0) is 25.8. The lowest BCUT2D eigenvalue weighted by Crippen LogP contribution is -2.54. The highest BCUT2D eigenvalue weighted by molar-refractivity contribution is 6.21. The molecule has 0 fully saturated rings.